The Labute approximate surface area is 104 Å². The summed E-state index contributed by atoms with van der Waals surface area (Å²) < 4.78 is 3.68. The van der Waals surface area contributed by atoms with Gasteiger partial charge in [-0.3, -0.25) is 4.79 Å². The normalized spacial score (nSPS) is 19.5. The van der Waals surface area contributed by atoms with Crippen molar-refractivity contribution in [3.05, 3.63) is 11.1 Å². The maximum Gasteiger partial charge on any atom is 0.275 e. The number of aliphatic hydroxyl groups is 1. The van der Waals surface area contributed by atoms with Crippen LogP contribution in [0.3, 0.4) is 0 Å². The Kier molecular flexibility index (Phi) is 4.41. The zero-order valence-corrected chi connectivity index (χ0v) is 10.3. The van der Waals surface area contributed by atoms with Crippen LogP contribution in [0.4, 0.5) is 0 Å². The van der Waals surface area contributed by atoms with Crippen molar-refractivity contribution in [3.63, 3.8) is 0 Å². The van der Waals surface area contributed by atoms with Gasteiger partial charge in [0.25, 0.3) is 5.91 Å². The average molecular weight is 256 g/mol. The zero-order chi connectivity index (χ0) is 12.1. The largest absolute Gasteiger partial charge is 0.395 e. The van der Waals surface area contributed by atoms with E-state index in [4.69, 9.17) is 5.11 Å². The highest BCUT2D eigenvalue weighted by atomic mass is 32.1. The third kappa shape index (κ3) is 3.21. The second-order valence-corrected chi connectivity index (χ2v) is 4.67. The Bertz CT molecular complexity index is 351. The summed E-state index contributed by atoms with van der Waals surface area (Å²) in [6.07, 6.45) is 2.22. The molecule has 0 spiro atoms. The fourth-order valence-electron chi connectivity index (χ4n) is 1.99. The summed E-state index contributed by atoms with van der Waals surface area (Å²) in [5.41, 5.74) is 0.362. The lowest BCUT2D eigenvalue weighted by Gasteiger charge is -2.24. The van der Waals surface area contributed by atoms with Gasteiger partial charge in [-0.15, -0.1) is 5.10 Å². The van der Waals surface area contributed by atoms with Crippen LogP contribution in [0.5, 0.6) is 0 Å². The summed E-state index contributed by atoms with van der Waals surface area (Å²) in [5, 5.41) is 17.7. The van der Waals surface area contributed by atoms with Crippen LogP contribution in [-0.2, 0) is 0 Å². The number of amides is 1. The minimum Gasteiger partial charge on any atom is -0.395 e. The van der Waals surface area contributed by atoms with Crippen molar-refractivity contribution in [1.29, 1.82) is 0 Å². The zero-order valence-electron chi connectivity index (χ0n) is 9.50. The van der Waals surface area contributed by atoms with Crippen molar-refractivity contribution in [2.75, 3.05) is 26.2 Å². The van der Waals surface area contributed by atoms with Crippen LogP contribution in [-0.4, -0.2) is 57.8 Å². The van der Waals surface area contributed by atoms with E-state index in [1.54, 1.807) is 10.3 Å². The minimum atomic E-state index is -0.151. The SMILES string of the molecule is O=C(c1csnn1)N(CCO)CC1CCCN1. The van der Waals surface area contributed by atoms with E-state index in [0.29, 0.717) is 24.8 Å². The molecule has 2 heterocycles. The molecule has 1 fully saturated rings. The molecule has 17 heavy (non-hydrogen) atoms. The summed E-state index contributed by atoms with van der Waals surface area (Å²) in [6.45, 7) is 1.94. The Hall–Kier alpha value is -1.05. The molecule has 0 radical (unpaired) electrons. The molecule has 1 unspecified atom stereocenters. The second-order valence-electron chi connectivity index (χ2n) is 4.06. The van der Waals surface area contributed by atoms with Gasteiger partial charge in [0.15, 0.2) is 5.69 Å². The highest BCUT2D eigenvalue weighted by molar-refractivity contribution is 7.03. The molecular weight excluding hydrogens is 240 g/mol. The molecule has 2 N–H and O–H groups in total. The predicted molar refractivity (Wildman–Crippen MR) is 63.9 cm³/mol. The number of aromatic nitrogens is 2. The average Bonchev–Trinajstić information content (AvgIpc) is 3.00. The third-order valence-electron chi connectivity index (χ3n) is 2.84. The van der Waals surface area contributed by atoms with Crippen LogP contribution in [0.25, 0.3) is 0 Å². The van der Waals surface area contributed by atoms with Crippen LogP contribution in [0.15, 0.2) is 5.38 Å². The number of carbonyl (C=O) groups excluding carboxylic acids is 1. The summed E-state index contributed by atoms with van der Waals surface area (Å²) >= 11 is 1.16. The summed E-state index contributed by atoms with van der Waals surface area (Å²) in [4.78, 5) is 13.7. The molecule has 7 heteroatoms. The molecule has 0 saturated carbocycles. The van der Waals surface area contributed by atoms with E-state index in [2.05, 4.69) is 14.9 Å². The Morgan fingerprint density at radius 1 is 1.71 bits per heavy atom. The maximum atomic E-state index is 12.1. The molecule has 1 amide bonds. The van der Waals surface area contributed by atoms with Gasteiger partial charge in [0.2, 0.25) is 0 Å². The van der Waals surface area contributed by atoms with Gasteiger partial charge in [-0.1, -0.05) is 4.49 Å². The third-order valence-corrected chi connectivity index (χ3v) is 3.34. The van der Waals surface area contributed by atoms with Gasteiger partial charge in [0, 0.05) is 24.5 Å². The molecular formula is C10H16N4O2S. The van der Waals surface area contributed by atoms with Crippen molar-refractivity contribution in [2.45, 2.75) is 18.9 Å². The number of rotatable bonds is 5. The van der Waals surface area contributed by atoms with Crippen LogP contribution >= 0.6 is 11.5 Å². The smallest absolute Gasteiger partial charge is 0.275 e. The lowest BCUT2D eigenvalue weighted by molar-refractivity contribution is 0.0700. The van der Waals surface area contributed by atoms with Gasteiger partial charge in [-0.25, -0.2) is 0 Å². The lowest BCUT2D eigenvalue weighted by atomic mass is 10.2. The van der Waals surface area contributed by atoms with Crippen LogP contribution in [0.2, 0.25) is 0 Å². The van der Waals surface area contributed by atoms with Crippen LogP contribution in [0.1, 0.15) is 23.3 Å². The monoisotopic (exact) mass is 256 g/mol. The summed E-state index contributed by atoms with van der Waals surface area (Å²) in [7, 11) is 0. The lowest BCUT2D eigenvalue weighted by Crippen LogP contribution is -2.42. The van der Waals surface area contributed by atoms with E-state index in [1.807, 2.05) is 0 Å². The first-order chi connectivity index (χ1) is 8.31. The molecule has 1 aromatic heterocycles. The van der Waals surface area contributed by atoms with Gasteiger partial charge < -0.3 is 15.3 Å². The summed E-state index contributed by atoms with van der Waals surface area (Å²) in [6, 6.07) is 0.331. The van der Waals surface area contributed by atoms with Gasteiger partial charge in [-0.05, 0) is 30.9 Å². The van der Waals surface area contributed by atoms with Crippen molar-refractivity contribution in [3.8, 4) is 0 Å². The molecule has 0 bridgehead atoms. The van der Waals surface area contributed by atoms with Crippen LogP contribution in [0, 0.1) is 0 Å². The van der Waals surface area contributed by atoms with E-state index in [1.165, 1.54) is 0 Å². The predicted octanol–water partition coefficient (Wildman–Crippen LogP) is -0.275. The van der Waals surface area contributed by atoms with Gasteiger partial charge in [0.1, 0.15) is 0 Å². The topological polar surface area (TPSA) is 78.4 Å². The first-order valence-corrected chi connectivity index (χ1v) is 6.55. The van der Waals surface area contributed by atoms with Gasteiger partial charge >= 0.3 is 0 Å². The minimum absolute atomic E-state index is 0.0317. The maximum absolute atomic E-state index is 12.1. The number of hydrogen-bond acceptors (Lipinski definition) is 6. The molecule has 1 saturated heterocycles. The number of hydrogen-bond donors (Lipinski definition) is 2. The van der Waals surface area contributed by atoms with Crippen molar-refractivity contribution >= 4 is 17.4 Å². The Balaban J connectivity index is 1.98. The van der Waals surface area contributed by atoms with Crippen molar-refractivity contribution in [1.82, 2.24) is 19.8 Å². The Morgan fingerprint density at radius 3 is 3.18 bits per heavy atom. The molecule has 94 valence electrons. The number of nitrogens with zero attached hydrogens (tertiary/aromatic N) is 3. The second kappa shape index (κ2) is 6.04. The molecule has 6 nitrogen and oxygen atoms in total. The van der Waals surface area contributed by atoms with Crippen molar-refractivity contribution < 1.29 is 9.90 Å². The molecule has 1 aliphatic rings. The van der Waals surface area contributed by atoms with E-state index in [9.17, 15) is 4.79 Å². The van der Waals surface area contributed by atoms with E-state index in [-0.39, 0.29) is 12.5 Å². The van der Waals surface area contributed by atoms with Gasteiger partial charge in [-0.2, -0.15) is 0 Å². The van der Waals surface area contributed by atoms with Crippen molar-refractivity contribution in [2.24, 2.45) is 0 Å². The number of aliphatic hydroxyl groups excluding tert-OH is 1. The van der Waals surface area contributed by atoms with E-state index < -0.39 is 0 Å². The fourth-order valence-corrected chi connectivity index (χ4v) is 2.42. The van der Waals surface area contributed by atoms with E-state index >= 15 is 0 Å². The van der Waals surface area contributed by atoms with E-state index in [0.717, 1.165) is 30.9 Å². The standard InChI is InChI=1S/C10H16N4O2S/c15-5-4-14(6-8-2-1-3-11-8)10(16)9-7-17-13-12-9/h7-8,11,15H,1-6H2. The fraction of sp³-hybridized carbons (Fsp3) is 0.700. The highest BCUT2D eigenvalue weighted by Gasteiger charge is 2.23. The molecule has 1 aromatic rings. The van der Waals surface area contributed by atoms with Gasteiger partial charge in [0.05, 0.1) is 6.61 Å². The molecule has 0 aliphatic carbocycles. The highest BCUT2D eigenvalue weighted by Crippen LogP contribution is 2.09. The first-order valence-electron chi connectivity index (χ1n) is 5.72. The molecule has 1 aliphatic heterocycles. The first kappa shape index (κ1) is 12.4. The Morgan fingerprint density at radius 2 is 2.59 bits per heavy atom. The number of nitrogens with one attached hydrogen (secondary N) is 1. The molecule has 0 aromatic carbocycles. The molecule has 2 rings (SSSR count). The van der Waals surface area contributed by atoms with Crippen LogP contribution < -0.4 is 5.32 Å². The molecule has 1 atom stereocenters. The summed E-state index contributed by atoms with van der Waals surface area (Å²) in [5.74, 6) is -0.151. The number of carbonyl (C=O) groups is 1. The quantitative estimate of drug-likeness (QED) is 0.758.